The zero-order valence-corrected chi connectivity index (χ0v) is 11.7. The third kappa shape index (κ3) is 2.13. The van der Waals surface area contributed by atoms with Crippen LogP contribution in [0.2, 0.25) is 5.02 Å². The Balaban J connectivity index is 3.46. The zero-order valence-electron chi connectivity index (χ0n) is 5.04. The fourth-order valence-electron chi connectivity index (χ4n) is 0.557. The average Bonchev–Trinajstić information content (AvgIpc) is 1.97. The van der Waals surface area contributed by atoms with Crippen LogP contribution in [0.5, 0.6) is 5.75 Å². The number of phenols is 1. The van der Waals surface area contributed by atoms with E-state index in [0.29, 0.717) is 8.59 Å². The van der Waals surface area contributed by atoms with Gasteiger partial charge >= 0.3 is 0 Å². The van der Waals surface area contributed by atoms with Crippen molar-refractivity contribution in [1.82, 2.24) is 0 Å². The number of phenolic OH excluding ortho intramolecular Hbond substituents is 1. The first-order valence-electron chi connectivity index (χ1n) is 2.56. The van der Waals surface area contributed by atoms with Crippen LogP contribution >= 0.6 is 72.7 Å². The molecular weight excluding hydrogens is 457 g/mol. The standard InChI is InChI=1S/C6H2BrClI2O/c7-2-1-3(9)6(11)5(10)4(2)8/h1,11H. The summed E-state index contributed by atoms with van der Waals surface area (Å²) in [4.78, 5) is 0. The summed E-state index contributed by atoms with van der Waals surface area (Å²) < 4.78 is 2.29. The maximum Gasteiger partial charge on any atom is 0.143 e. The largest absolute Gasteiger partial charge is 0.506 e. The maximum atomic E-state index is 9.39. The van der Waals surface area contributed by atoms with Crippen molar-refractivity contribution in [3.63, 3.8) is 0 Å². The number of benzene rings is 1. The number of halogens is 4. The van der Waals surface area contributed by atoms with Crippen molar-refractivity contribution in [2.45, 2.75) is 0 Å². The zero-order chi connectivity index (χ0) is 8.59. The average molecular weight is 459 g/mol. The number of aromatic hydroxyl groups is 1. The molecule has 11 heavy (non-hydrogen) atoms. The molecule has 0 atom stereocenters. The van der Waals surface area contributed by atoms with Crippen molar-refractivity contribution in [1.29, 1.82) is 0 Å². The third-order valence-electron chi connectivity index (χ3n) is 1.09. The Kier molecular flexibility index (Phi) is 3.73. The van der Waals surface area contributed by atoms with E-state index in [0.717, 1.165) is 8.04 Å². The Labute approximate surface area is 105 Å². The molecule has 0 aliphatic carbocycles. The second kappa shape index (κ2) is 3.97. The fraction of sp³-hybridized carbons (Fsp3) is 0. The Morgan fingerprint density at radius 3 is 2.55 bits per heavy atom. The Morgan fingerprint density at radius 2 is 2.00 bits per heavy atom. The summed E-state index contributed by atoms with van der Waals surface area (Å²) >= 11 is 13.2. The Bertz CT molecular complexity index is 277. The molecule has 0 heterocycles. The molecule has 0 bridgehead atoms. The van der Waals surface area contributed by atoms with Gasteiger partial charge in [-0.1, -0.05) is 11.6 Å². The predicted molar refractivity (Wildman–Crippen MR) is 66.3 cm³/mol. The molecule has 0 unspecified atom stereocenters. The van der Waals surface area contributed by atoms with E-state index in [-0.39, 0.29) is 5.75 Å². The molecule has 5 heteroatoms. The predicted octanol–water partition coefficient (Wildman–Crippen LogP) is 4.02. The monoisotopic (exact) mass is 458 g/mol. The van der Waals surface area contributed by atoms with Crippen LogP contribution in [0, 0.1) is 7.14 Å². The van der Waals surface area contributed by atoms with Crippen LogP contribution in [-0.4, -0.2) is 5.11 Å². The molecule has 0 spiro atoms. The van der Waals surface area contributed by atoms with E-state index in [1.54, 1.807) is 6.07 Å². The smallest absolute Gasteiger partial charge is 0.143 e. The Hall–Kier alpha value is 1.25. The summed E-state index contributed by atoms with van der Waals surface area (Å²) in [6.45, 7) is 0. The lowest BCUT2D eigenvalue weighted by molar-refractivity contribution is 0.467. The molecule has 0 fully saturated rings. The molecule has 0 aliphatic rings. The maximum absolute atomic E-state index is 9.39. The van der Waals surface area contributed by atoms with Crippen molar-refractivity contribution >= 4 is 72.7 Å². The third-order valence-corrected chi connectivity index (χ3v) is 4.53. The van der Waals surface area contributed by atoms with Crippen LogP contribution in [0.1, 0.15) is 0 Å². The Morgan fingerprint density at radius 1 is 1.45 bits per heavy atom. The lowest BCUT2D eigenvalue weighted by atomic mass is 10.3. The second-order valence-corrected chi connectivity index (χ2v) is 5.29. The van der Waals surface area contributed by atoms with Crippen LogP contribution in [0.15, 0.2) is 10.5 Å². The second-order valence-electron chi connectivity index (χ2n) is 1.82. The van der Waals surface area contributed by atoms with Gasteiger partial charge < -0.3 is 5.11 Å². The van der Waals surface area contributed by atoms with E-state index >= 15 is 0 Å². The molecule has 0 saturated carbocycles. The summed E-state index contributed by atoms with van der Waals surface area (Å²) in [5, 5.41) is 9.95. The lowest BCUT2D eigenvalue weighted by Gasteiger charge is -2.03. The number of hydrogen-bond donors (Lipinski definition) is 1. The van der Waals surface area contributed by atoms with Crippen molar-refractivity contribution in [2.24, 2.45) is 0 Å². The highest BCUT2D eigenvalue weighted by atomic mass is 127. The molecule has 1 aromatic rings. The summed E-state index contributed by atoms with van der Waals surface area (Å²) in [6.07, 6.45) is 0. The molecule has 0 radical (unpaired) electrons. The van der Waals surface area contributed by atoms with Gasteiger partial charge in [0.25, 0.3) is 0 Å². The van der Waals surface area contributed by atoms with E-state index in [9.17, 15) is 5.11 Å². The van der Waals surface area contributed by atoms with E-state index in [2.05, 4.69) is 15.9 Å². The first-order valence-corrected chi connectivity index (χ1v) is 5.89. The molecule has 1 N–H and O–H groups in total. The first kappa shape index (κ1) is 10.3. The summed E-state index contributed by atoms with van der Waals surface area (Å²) in [5.41, 5.74) is 0. The van der Waals surface area contributed by atoms with Gasteiger partial charge in [0, 0.05) is 4.47 Å². The van der Waals surface area contributed by atoms with Gasteiger partial charge in [-0.15, -0.1) is 0 Å². The molecule has 1 rings (SSSR count). The van der Waals surface area contributed by atoms with Gasteiger partial charge in [0.05, 0.1) is 12.2 Å². The molecule has 0 saturated heterocycles. The van der Waals surface area contributed by atoms with Gasteiger partial charge in [-0.05, 0) is 67.2 Å². The minimum absolute atomic E-state index is 0.249. The van der Waals surface area contributed by atoms with E-state index in [4.69, 9.17) is 11.6 Å². The fourth-order valence-corrected chi connectivity index (χ4v) is 3.60. The van der Waals surface area contributed by atoms with Crippen LogP contribution in [0.3, 0.4) is 0 Å². The van der Waals surface area contributed by atoms with Crippen LogP contribution in [0.4, 0.5) is 0 Å². The van der Waals surface area contributed by atoms with E-state index < -0.39 is 0 Å². The topological polar surface area (TPSA) is 20.2 Å². The minimum Gasteiger partial charge on any atom is -0.506 e. The number of rotatable bonds is 0. The normalized spacial score (nSPS) is 10.2. The minimum atomic E-state index is 0.249. The summed E-state index contributed by atoms with van der Waals surface area (Å²) in [6, 6.07) is 1.78. The molecular formula is C6H2BrClI2O. The quantitative estimate of drug-likeness (QED) is 0.353. The highest BCUT2D eigenvalue weighted by molar-refractivity contribution is 14.1. The molecule has 0 aromatic heterocycles. The first-order chi connectivity index (χ1) is 5.04. The molecule has 60 valence electrons. The molecule has 0 amide bonds. The molecule has 1 aromatic carbocycles. The highest BCUT2D eigenvalue weighted by Gasteiger charge is 2.10. The van der Waals surface area contributed by atoms with Crippen LogP contribution in [0.25, 0.3) is 0 Å². The van der Waals surface area contributed by atoms with Gasteiger partial charge in [-0.25, -0.2) is 0 Å². The van der Waals surface area contributed by atoms with Gasteiger partial charge in [-0.3, -0.25) is 0 Å². The summed E-state index contributed by atoms with van der Waals surface area (Å²) in [5.74, 6) is 0.249. The highest BCUT2D eigenvalue weighted by Crippen LogP contribution is 2.37. The van der Waals surface area contributed by atoms with Gasteiger partial charge in [0.2, 0.25) is 0 Å². The van der Waals surface area contributed by atoms with Gasteiger partial charge in [0.15, 0.2) is 0 Å². The summed E-state index contributed by atoms with van der Waals surface area (Å²) in [7, 11) is 0. The molecule has 1 nitrogen and oxygen atoms in total. The van der Waals surface area contributed by atoms with Gasteiger partial charge in [-0.2, -0.15) is 0 Å². The molecule has 0 aliphatic heterocycles. The number of hydrogen-bond acceptors (Lipinski definition) is 1. The van der Waals surface area contributed by atoms with E-state index in [1.807, 2.05) is 45.2 Å². The SMILES string of the molecule is Oc1c(I)cc(Br)c(Cl)c1I. The van der Waals surface area contributed by atoms with Crippen molar-refractivity contribution in [3.8, 4) is 5.75 Å². The van der Waals surface area contributed by atoms with Gasteiger partial charge in [0.1, 0.15) is 5.75 Å². The van der Waals surface area contributed by atoms with Crippen molar-refractivity contribution in [2.75, 3.05) is 0 Å². The van der Waals surface area contributed by atoms with Crippen molar-refractivity contribution in [3.05, 3.63) is 22.7 Å². The van der Waals surface area contributed by atoms with E-state index in [1.165, 1.54) is 0 Å². The van der Waals surface area contributed by atoms with Crippen LogP contribution in [-0.2, 0) is 0 Å². The van der Waals surface area contributed by atoms with Crippen molar-refractivity contribution < 1.29 is 5.11 Å². The van der Waals surface area contributed by atoms with Crippen LogP contribution < -0.4 is 0 Å². The lowest BCUT2D eigenvalue weighted by Crippen LogP contribution is -1.82.